The van der Waals surface area contributed by atoms with Gasteiger partial charge < -0.3 is 0 Å². The van der Waals surface area contributed by atoms with Crippen molar-refractivity contribution in [3.8, 4) is 6.07 Å². The van der Waals surface area contributed by atoms with Crippen LogP contribution in [0.25, 0.3) is 0 Å². The Morgan fingerprint density at radius 3 is 2.88 bits per heavy atom. The number of hydrogen-bond acceptors (Lipinski definition) is 4. The van der Waals surface area contributed by atoms with Gasteiger partial charge >= 0.3 is 0 Å². The van der Waals surface area contributed by atoms with Gasteiger partial charge in [-0.25, -0.2) is 13.1 Å². The third-order valence-electron chi connectivity index (χ3n) is 3.57. The SMILES string of the molecule is CC(C#N)S(=O)(=O)NC1CCN2CCCC12. The van der Waals surface area contributed by atoms with Crippen LogP contribution in [0.15, 0.2) is 0 Å². The number of nitriles is 1. The molecule has 5 nitrogen and oxygen atoms in total. The van der Waals surface area contributed by atoms with Crippen LogP contribution in [-0.2, 0) is 10.0 Å². The van der Waals surface area contributed by atoms with Crippen LogP contribution >= 0.6 is 0 Å². The predicted octanol–water partition coefficient (Wildman–Crippen LogP) is 0.0546. The Hall–Kier alpha value is -0.640. The average Bonchev–Trinajstić information content (AvgIpc) is 2.81. The van der Waals surface area contributed by atoms with E-state index in [0.29, 0.717) is 6.04 Å². The normalized spacial score (nSPS) is 32.2. The van der Waals surface area contributed by atoms with Crippen LogP contribution in [0, 0.1) is 11.3 Å². The molecule has 90 valence electrons. The van der Waals surface area contributed by atoms with Crippen molar-refractivity contribution in [1.82, 2.24) is 9.62 Å². The zero-order chi connectivity index (χ0) is 11.8. The fourth-order valence-corrected chi connectivity index (χ4v) is 3.64. The molecule has 0 aromatic heterocycles. The van der Waals surface area contributed by atoms with Gasteiger partial charge in [-0.15, -0.1) is 0 Å². The minimum atomic E-state index is -3.47. The summed E-state index contributed by atoms with van der Waals surface area (Å²) in [7, 11) is -3.47. The molecule has 2 fully saturated rings. The van der Waals surface area contributed by atoms with Crippen molar-refractivity contribution >= 4 is 10.0 Å². The smallest absolute Gasteiger partial charge is 0.227 e. The van der Waals surface area contributed by atoms with Crippen LogP contribution in [0.2, 0.25) is 0 Å². The Morgan fingerprint density at radius 1 is 1.44 bits per heavy atom. The maximum absolute atomic E-state index is 11.8. The molecule has 2 aliphatic heterocycles. The van der Waals surface area contributed by atoms with Gasteiger partial charge in [0.25, 0.3) is 0 Å². The molecule has 0 aliphatic carbocycles. The van der Waals surface area contributed by atoms with E-state index in [4.69, 9.17) is 5.26 Å². The van der Waals surface area contributed by atoms with E-state index in [1.54, 1.807) is 6.07 Å². The number of nitrogens with one attached hydrogen (secondary N) is 1. The molecular formula is C10H17N3O2S. The quantitative estimate of drug-likeness (QED) is 0.760. The maximum atomic E-state index is 11.8. The Bertz CT molecular complexity index is 401. The van der Waals surface area contributed by atoms with Crippen molar-refractivity contribution in [2.45, 2.75) is 43.5 Å². The molecular weight excluding hydrogens is 226 g/mol. The highest BCUT2D eigenvalue weighted by Gasteiger charge is 2.39. The van der Waals surface area contributed by atoms with Crippen molar-refractivity contribution in [3.63, 3.8) is 0 Å². The van der Waals surface area contributed by atoms with Gasteiger partial charge in [0.1, 0.15) is 0 Å². The minimum Gasteiger partial charge on any atom is -0.299 e. The lowest BCUT2D eigenvalue weighted by Crippen LogP contribution is -2.45. The third-order valence-corrected chi connectivity index (χ3v) is 5.24. The topological polar surface area (TPSA) is 73.2 Å². The summed E-state index contributed by atoms with van der Waals surface area (Å²) < 4.78 is 26.2. The summed E-state index contributed by atoms with van der Waals surface area (Å²) in [6.07, 6.45) is 3.08. The summed E-state index contributed by atoms with van der Waals surface area (Å²) >= 11 is 0. The molecule has 0 radical (unpaired) electrons. The largest absolute Gasteiger partial charge is 0.299 e. The molecule has 2 saturated heterocycles. The number of nitrogens with zero attached hydrogens (tertiary/aromatic N) is 2. The first-order valence-corrected chi connectivity index (χ1v) is 7.24. The molecule has 2 rings (SSSR count). The fraction of sp³-hybridized carbons (Fsp3) is 0.900. The van der Waals surface area contributed by atoms with E-state index in [1.807, 2.05) is 0 Å². The number of hydrogen-bond donors (Lipinski definition) is 1. The molecule has 2 heterocycles. The molecule has 0 spiro atoms. The van der Waals surface area contributed by atoms with Crippen molar-refractivity contribution < 1.29 is 8.42 Å². The molecule has 16 heavy (non-hydrogen) atoms. The molecule has 0 amide bonds. The van der Waals surface area contributed by atoms with Crippen molar-refractivity contribution in [2.75, 3.05) is 13.1 Å². The number of fused-ring (bicyclic) bond motifs is 1. The lowest BCUT2D eigenvalue weighted by molar-refractivity contribution is 0.308. The van der Waals surface area contributed by atoms with Gasteiger partial charge in [-0.1, -0.05) is 0 Å². The summed E-state index contributed by atoms with van der Waals surface area (Å²) in [5.74, 6) is 0. The van der Waals surface area contributed by atoms with E-state index >= 15 is 0 Å². The van der Waals surface area contributed by atoms with Gasteiger partial charge in [0, 0.05) is 18.6 Å². The van der Waals surface area contributed by atoms with Crippen LogP contribution in [0.3, 0.4) is 0 Å². The highest BCUT2D eigenvalue weighted by Crippen LogP contribution is 2.28. The van der Waals surface area contributed by atoms with E-state index in [9.17, 15) is 8.42 Å². The average molecular weight is 243 g/mol. The fourth-order valence-electron chi connectivity index (χ4n) is 2.60. The van der Waals surface area contributed by atoms with Crippen molar-refractivity contribution in [3.05, 3.63) is 0 Å². The zero-order valence-electron chi connectivity index (χ0n) is 9.39. The molecule has 0 bridgehead atoms. The summed E-state index contributed by atoms with van der Waals surface area (Å²) in [6, 6.07) is 2.13. The summed E-state index contributed by atoms with van der Waals surface area (Å²) in [6.45, 7) is 3.47. The molecule has 0 aromatic carbocycles. The third kappa shape index (κ3) is 2.08. The number of sulfonamides is 1. The second-order valence-electron chi connectivity index (χ2n) is 4.57. The summed E-state index contributed by atoms with van der Waals surface area (Å²) in [5, 5.41) is 7.68. The highest BCUT2D eigenvalue weighted by atomic mass is 32.2. The molecule has 0 aromatic rings. The van der Waals surface area contributed by atoms with E-state index in [2.05, 4.69) is 9.62 Å². The second-order valence-corrected chi connectivity index (χ2v) is 6.61. The van der Waals surface area contributed by atoms with Gasteiger partial charge in [-0.2, -0.15) is 5.26 Å². The van der Waals surface area contributed by atoms with Gasteiger partial charge in [0.15, 0.2) is 5.25 Å². The first kappa shape index (κ1) is 11.8. The molecule has 2 aliphatic rings. The van der Waals surface area contributed by atoms with Gasteiger partial charge in [-0.05, 0) is 32.7 Å². The lowest BCUT2D eigenvalue weighted by Gasteiger charge is -2.21. The zero-order valence-corrected chi connectivity index (χ0v) is 10.2. The first-order valence-electron chi connectivity index (χ1n) is 5.69. The molecule has 6 heteroatoms. The van der Waals surface area contributed by atoms with E-state index in [-0.39, 0.29) is 6.04 Å². The minimum absolute atomic E-state index is 0.00306. The van der Waals surface area contributed by atoms with Crippen LogP contribution in [0.1, 0.15) is 26.2 Å². The predicted molar refractivity (Wildman–Crippen MR) is 60.1 cm³/mol. The monoisotopic (exact) mass is 243 g/mol. The van der Waals surface area contributed by atoms with Gasteiger partial charge in [0.05, 0.1) is 6.07 Å². The molecule has 3 unspecified atom stereocenters. The molecule has 3 atom stereocenters. The lowest BCUT2D eigenvalue weighted by atomic mass is 10.1. The molecule has 0 saturated carbocycles. The Morgan fingerprint density at radius 2 is 2.19 bits per heavy atom. The van der Waals surface area contributed by atoms with Crippen LogP contribution in [0.5, 0.6) is 0 Å². The van der Waals surface area contributed by atoms with Crippen LogP contribution < -0.4 is 4.72 Å². The first-order chi connectivity index (χ1) is 7.54. The van der Waals surface area contributed by atoms with Gasteiger partial charge in [-0.3, -0.25) is 4.90 Å². The second kappa shape index (κ2) is 4.32. The van der Waals surface area contributed by atoms with Crippen LogP contribution in [-0.4, -0.2) is 43.7 Å². The Balaban J connectivity index is 2.03. The van der Waals surface area contributed by atoms with E-state index in [0.717, 1.165) is 32.4 Å². The summed E-state index contributed by atoms with van der Waals surface area (Å²) in [4.78, 5) is 2.34. The highest BCUT2D eigenvalue weighted by molar-refractivity contribution is 7.90. The Kier molecular flexibility index (Phi) is 3.19. The Labute approximate surface area is 96.5 Å². The molecule has 1 N–H and O–H groups in total. The van der Waals surface area contributed by atoms with Crippen molar-refractivity contribution in [2.24, 2.45) is 0 Å². The van der Waals surface area contributed by atoms with E-state index in [1.165, 1.54) is 6.92 Å². The summed E-state index contributed by atoms with van der Waals surface area (Å²) in [5.41, 5.74) is 0. The van der Waals surface area contributed by atoms with Crippen molar-refractivity contribution in [1.29, 1.82) is 5.26 Å². The van der Waals surface area contributed by atoms with Gasteiger partial charge in [0.2, 0.25) is 10.0 Å². The maximum Gasteiger partial charge on any atom is 0.227 e. The van der Waals surface area contributed by atoms with E-state index < -0.39 is 15.3 Å². The van der Waals surface area contributed by atoms with Crippen LogP contribution in [0.4, 0.5) is 0 Å². The standard InChI is InChI=1S/C10H17N3O2S/c1-8(7-11)16(14,15)12-9-4-6-13-5-2-3-10(9)13/h8-10,12H,2-6H2,1H3. The number of rotatable bonds is 3.